The van der Waals surface area contributed by atoms with Crippen LogP contribution in [0.5, 0.6) is 0 Å². The van der Waals surface area contributed by atoms with E-state index < -0.39 is 11.7 Å². The highest BCUT2D eigenvalue weighted by Gasteiger charge is 2.41. The first-order chi connectivity index (χ1) is 19.6. The Labute approximate surface area is 232 Å². The summed E-state index contributed by atoms with van der Waals surface area (Å²) in [5, 5.41) is 0.246. The summed E-state index contributed by atoms with van der Waals surface area (Å²) in [5.74, 6) is 0.242. The highest BCUT2D eigenvalue weighted by atomic mass is 19.4. The normalized spacial score (nSPS) is 18.6. The minimum Gasteiger partial charge on any atom is -0.460 e. The third-order valence-corrected chi connectivity index (χ3v) is 7.33. The lowest BCUT2D eigenvalue weighted by Gasteiger charge is -2.26. The van der Waals surface area contributed by atoms with Gasteiger partial charge >= 0.3 is 6.18 Å². The zero-order chi connectivity index (χ0) is 28.7. The number of hydrogen-bond donors (Lipinski definition) is 1. The smallest absolute Gasteiger partial charge is 0.420 e. The van der Waals surface area contributed by atoms with Crippen LogP contribution < -0.4 is 5.73 Å². The Balaban J connectivity index is 1.20. The van der Waals surface area contributed by atoms with Crippen molar-refractivity contribution >= 4 is 34.6 Å². The number of morpholine rings is 1. The van der Waals surface area contributed by atoms with E-state index >= 15 is 0 Å². The number of hydrogen-bond acceptors (Lipinski definition) is 7. The summed E-state index contributed by atoms with van der Waals surface area (Å²) < 4.78 is 53.2. The average Bonchev–Trinajstić information content (AvgIpc) is 3.70. The fourth-order valence-electron chi connectivity index (χ4n) is 5.23. The molecule has 0 radical (unpaired) electrons. The Morgan fingerprint density at radius 1 is 1.10 bits per heavy atom. The van der Waals surface area contributed by atoms with E-state index in [1.165, 1.54) is 24.5 Å². The fourth-order valence-corrected chi connectivity index (χ4v) is 5.23. The molecule has 8 nitrogen and oxygen atoms in total. The molecule has 2 atom stereocenters. The second-order valence-electron chi connectivity index (χ2n) is 10.2. The molecule has 41 heavy (non-hydrogen) atoms. The molecule has 4 aromatic rings. The molecule has 2 saturated heterocycles. The summed E-state index contributed by atoms with van der Waals surface area (Å²) in [7, 11) is 0. The zero-order valence-corrected chi connectivity index (χ0v) is 21.7. The summed E-state index contributed by atoms with van der Waals surface area (Å²) >= 11 is 0. The van der Waals surface area contributed by atoms with Crippen molar-refractivity contribution in [3.63, 3.8) is 0 Å². The van der Waals surface area contributed by atoms with Crippen molar-refractivity contribution in [2.45, 2.75) is 37.6 Å². The topological polar surface area (TPSA) is 112 Å². The number of benzene rings is 1. The summed E-state index contributed by atoms with van der Waals surface area (Å²) in [6, 6.07) is 10.6. The summed E-state index contributed by atoms with van der Waals surface area (Å²) in [6.07, 6.45) is 2.28. The Bertz CT molecular complexity index is 1650. The maximum atomic E-state index is 14.0. The van der Waals surface area contributed by atoms with Gasteiger partial charge in [-0.3, -0.25) is 14.6 Å². The van der Waals surface area contributed by atoms with Gasteiger partial charge in [0.25, 0.3) is 5.91 Å². The number of halogens is 3. The van der Waals surface area contributed by atoms with Crippen molar-refractivity contribution in [1.82, 2.24) is 14.9 Å². The highest BCUT2D eigenvalue weighted by Crippen LogP contribution is 2.39. The zero-order valence-electron chi connectivity index (χ0n) is 21.7. The third-order valence-electron chi connectivity index (χ3n) is 7.33. The van der Waals surface area contributed by atoms with Gasteiger partial charge in [-0.1, -0.05) is 0 Å². The number of nitrogens with zero attached hydrogens (tertiary/aromatic N) is 3. The number of rotatable bonds is 7. The number of amides is 1. The van der Waals surface area contributed by atoms with E-state index in [-0.39, 0.29) is 59.0 Å². The molecule has 3 aromatic heterocycles. The van der Waals surface area contributed by atoms with E-state index in [4.69, 9.17) is 14.9 Å². The van der Waals surface area contributed by atoms with E-state index in [9.17, 15) is 22.8 Å². The molecule has 6 rings (SSSR count). The van der Waals surface area contributed by atoms with Crippen molar-refractivity contribution in [1.29, 1.82) is 0 Å². The number of furan rings is 1. The van der Waals surface area contributed by atoms with Gasteiger partial charge in [0.15, 0.2) is 5.78 Å². The number of likely N-dealkylation sites (tertiary alicyclic amines) is 1. The first kappa shape index (κ1) is 26.7. The van der Waals surface area contributed by atoms with Crippen LogP contribution in [0.3, 0.4) is 0 Å². The molecule has 0 spiro atoms. The number of nitrogen functional groups attached to an aromatic ring is 1. The van der Waals surface area contributed by atoms with E-state index in [0.717, 1.165) is 12.5 Å². The molecule has 2 bridgehead atoms. The van der Waals surface area contributed by atoms with E-state index in [1.54, 1.807) is 41.3 Å². The number of alkyl halides is 3. The Hall–Kier alpha value is -4.51. The van der Waals surface area contributed by atoms with Gasteiger partial charge in [0.2, 0.25) is 0 Å². The lowest BCUT2D eigenvalue weighted by molar-refractivity contribution is -0.136. The van der Waals surface area contributed by atoms with Crippen LogP contribution in [-0.4, -0.2) is 51.9 Å². The summed E-state index contributed by atoms with van der Waals surface area (Å²) in [5.41, 5.74) is 5.91. The largest absolute Gasteiger partial charge is 0.460 e. The number of carbonyl (C=O) groups excluding carboxylic acids is 2. The molecule has 2 aliphatic heterocycles. The number of fused-ring (bicyclic) bond motifs is 3. The van der Waals surface area contributed by atoms with Crippen molar-refractivity contribution in [2.75, 3.05) is 18.9 Å². The van der Waals surface area contributed by atoms with E-state index in [1.807, 2.05) is 0 Å². The predicted molar refractivity (Wildman–Crippen MR) is 145 cm³/mol. The number of aryl methyl sites for hydroxylation is 1. The van der Waals surface area contributed by atoms with Crippen molar-refractivity contribution in [3.8, 4) is 11.3 Å². The Morgan fingerprint density at radius 2 is 1.95 bits per heavy atom. The number of nitrogens with two attached hydrogens (primary N) is 1. The SMILES string of the molecule is Nc1ccc(/C=C/C(=O)CCc2cc3cc(-c4ccc(C(=O)N5CC6CC5CO6)cn4)cc(C(F)(F)F)c3o2)cn1. The van der Waals surface area contributed by atoms with Gasteiger partial charge in [-0.05, 0) is 66.6 Å². The molecule has 210 valence electrons. The average molecular weight is 563 g/mol. The van der Waals surface area contributed by atoms with Crippen LogP contribution in [0.2, 0.25) is 0 Å². The first-order valence-corrected chi connectivity index (χ1v) is 13.1. The molecular formula is C30H25F3N4O4. The second-order valence-corrected chi connectivity index (χ2v) is 10.2. The van der Waals surface area contributed by atoms with Crippen LogP contribution in [0, 0.1) is 0 Å². The fraction of sp³-hybridized carbons (Fsp3) is 0.267. The lowest BCUT2D eigenvalue weighted by atomic mass is 10.0. The molecular weight excluding hydrogens is 537 g/mol. The van der Waals surface area contributed by atoms with Crippen LogP contribution >= 0.6 is 0 Å². The van der Waals surface area contributed by atoms with Gasteiger partial charge in [-0.2, -0.15) is 13.2 Å². The van der Waals surface area contributed by atoms with Crippen molar-refractivity contribution < 1.29 is 31.9 Å². The van der Waals surface area contributed by atoms with Gasteiger partial charge in [0.05, 0.1) is 35.6 Å². The quantitative estimate of drug-likeness (QED) is 0.304. The number of ketones is 1. The molecule has 1 aromatic carbocycles. The second kappa shape index (κ2) is 10.5. The number of carbonyl (C=O) groups is 2. The van der Waals surface area contributed by atoms with E-state index in [2.05, 4.69) is 9.97 Å². The van der Waals surface area contributed by atoms with Gasteiger partial charge in [-0.25, -0.2) is 4.98 Å². The molecule has 0 aliphatic carbocycles. The Kier molecular flexibility index (Phi) is 6.82. The molecule has 2 unspecified atom stereocenters. The molecule has 11 heteroatoms. The van der Waals surface area contributed by atoms with Gasteiger partial charge < -0.3 is 19.8 Å². The van der Waals surface area contributed by atoms with Crippen LogP contribution in [0.25, 0.3) is 28.3 Å². The van der Waals surface area contributed by atoms with Gasteiger partial charge in [0, 0.05) is 42.7 Å². The van der Waals surface area contributed by atoms with E-state index in [0.29, 0.717) is 35.8 Å². The van der Waals surface area contributed by atoms with Gasteiger partial charge in [0.1, 0.15) is 17.2 Å². The highest BCUT2D eigenvalue weighted by molar-refractivity contribution is 5.95. The number of allylic oxidation sites excluding steroid dienone is 1. The number of pyridine rings is 2. The molecule has 0 saturated carbocycles. The molecule has 2 aliphatic rings. The monoisotopic (exact) mass is 562 g/mol. The number of anilines is 1. The molecule has 2 fully saturated rings. The number of aromatic nitrogens is 2. The summed E-state index contributed by atoms with van der Waals surface area (Å²) in [4.78, 5) is 35.3. The predicted octanol–water partition coefficient (Wildman–Crippen LogP) is 5.32. The molecule has 5 heterocycles. The van der Waals surface area contributed by atoms with Crippen LogP contribution in [0.4, 0.5) is 19.0 Å². The van der Waals surface area contributed by atoms with Crippen molar-refractivity contribution in [2.24, 2.45) is 0 Å². The standard InChI is InChI=1S/C30H25F3N4O4/c31-30(32,33)25-11-19(26-7-3-18(14-35-26)29(39)37-15-24-12-21(37)16-40-24)9-20-10-23(41-28(20)25)6-5-22(38)4-1-17-2-8-27(34)36-13-17/h1-4,7-11,13-14,21,24H,5-6,12,15-16H2,(H2,34,36)/b4-1+. The van der Waals surface area contributed by atoms with Crippen LogP contribution in [0.15, 0.2) is 65.4 Å². The minimum atomic E-state index is -4.68. The minimum absolute atomic E-state index is 0.0477. The number of ether oxygens (including phenoxy) is 1. The van der Waals surface area contributed by atoms with Crippen molar-refractivity contribution in [3.05, 3.63) is 83.4 Å². The Morgan fingerprint density at radius 3 is 2.61 bits per heavy atom. The summed E-state index contributed by atoms with van der Waals surface area (Å²) in [6.45, 7) is 1.04. The van der Waals surface area contributed by atoms with Gasteiger partial charge in [-0.15, -0.1) is 0 Å². The lowest BCUT2D eigenvalue weighted by Crippen LogP contribution is -2.41. The maximum absolute atomic E-state index is 14.0. The first-order valence-electron chi connectivity index (χ1n) is 13.1. The third kappa shape index (κ3) is 5.58. The maximum Gasteiger partial charge on any atom is 0.420 e. The van der Waals surface area contributed by atoms with Crippen LogP contribution in [0.1, 0.15) is 40.1 Å². The molecule has 2 N–H and O–H groups in total. The molecule has 1 amide bonds. The van der Waals surface area contributed by atoms with Crippen LogP contribution in [-0.2, 0) is 22.1 Å².